The van der Waals surface area contributed by atoms with Crippen LogP contribution < -0.4 is 5.43 Å². The molecule has 0 saturated carbocycles. The molecule has 0 unspecified atom stereocenters. The second-order valence-corrected chi connectivity index (χ2v) is 6.31. The number of aryl methyl sites for hydroxylation is 1. The Morgan fingerprint density at radius 1 is 1.47 bits per heavy atom. The van der Waals surface area contributed by atoms with E-state index >= 15 is 0 Å². The average Bonchev–Trinajstić information content (AvgIpc) is 2.72. The number of benzene rings is 1. The van der Waals surface area contributed by atoms with Gasteiger partial charge in [-0.15, -0.1) is 0 Å². The van der Waals surface area contributed by atoms with E-state index in [2.05, 4.69) is 10.4 Å². The van der Waals surface area contributed by atoms with Crippen molar-refractivity contribution in [2.45, 2.75) is 11.8 Å². The molecule has 0 aromatic heterocycles. The van der Waals surface area contributed by atoms with Gasteiger partial charge in [-0.2, -0.15) is 0 Å². The molecule has 1 aromatic carbocycles. The lowest BCUT2D eigenvalue weighted by Gasteiger charge is -2.18. The fourth-order valence-electron chi connectivity index (χ4n) is 1.49. The van der Waals surface area contributed by atoms with Crippen LogP contribution in [0.3, 0.4) is 0 Å². The highest BCUT2D eigenvalue weighted by atomic mass is 35.7. The molecule has 7 heteroatoms. The van der Waals surface area contributed by atoms with Gasteiger partial charge >= 0.3 is 0 Å². The SMILES string of the molecule is Cc1ccc(S(=O)(=O)Cl)cc1NN1C=NCC1. The summed E-state index contributed by atoms with van der Waals surface area (Å²) in [5, 5.41) is 1.80. The predicted octanol–water partition coefficient (Wildman–Crippen LogP) is 1.59. The first-order valence-corrected chi connectivity index (χ1v) is 7.36. The molecule has 5 nitrogen and oxygen atoms in total. The second kappa shape index (κ2) is 4.54. The first-order chi connectivity index (χ1) is 7.97. The fraction of sp³-hybridized carbons (Fsp3) is 0.300. The van der Waals surface area contributed by atoms with Crippen molar-refractivity contribution in [1.29, 1.82) is 0 Å². The lowest BCUT2D eigenvalue weighted by Crippen LogP contribution is -2.26. The molecule has 1 N–H and O–H groups in total. The van der Waals surface area contributed by atoms with Crippen LogP contribution >= 0.6 is 10.7 Å². The fourth-order valence-corrected chi connectivity index (χ4v) is 2.27. The summed E-state index contributed by atoms with van der Waals surface area (Å²) in [7, 11) is 1.61. The van der Waals surface area contributed by atoms with Gasteiger partial charge in [0.2, 0.25) is 0 Å². The number of nitrogens with one attached hydrogen (secondary N) is 1. The van der Waals surface area contributed by atoms with E-state index in [1.165, 1.54) is 12.1 Å². The number of anilines is 1. The highest BCUT2D eigenvalue weighted by molar-refractivity contribution is 8.13. The van der Waals surface area contributed by atoms with Gasteiger partial charge in [-0.05, 0) is 24.6 Å². The van der Waals surface area contributed by atoms with E-state index in [0.29, 0.717) is 5.69 Å². The summed E-state index contributed by atoms with van der Waals surface area (Å²) in [5.41, 5.74) is 4.73. The van der Waals surface area contributed by atoms with Crippen molar-refractivity contribution in [3.63, 3.8) is 0 Å². The maximum Gasteiger partial charge on any atom is 0.261 e. The van der Waals surface area contributed by atoms with Crippen LogP contribution in [0.4, 0.5) is 5.69 Å². The van der Waals surface area contributed by atoms with Crippen LogP contribution in [-0.2, 0) is 9.05 Å². The molecule has 17 heavy (non-hydrogen) atoms. The number of halogens is 1. The molecular weight excluding hydrogens is 262 g/mol. The molecule has 0 amide bonds. The smallest absolute Gasteiger partial charge is 0.261 e. The summed E-state index contributed by atoms with van der Waals surface area (Å²) in [6, 6.07) is 4.72. The molecule has 92 valence electrons. The molecule has 0 spiro atoms. The Hall–Kier alpha value is -1.27. The van der Waals surface area contributed by atoms with Gasteiger partial charge in [0.05, 0.1) is 23.7 Å². The number of hydrogen-bond donors (Lipinski definition) is 1. The monoisotopic (exact) mass is 273 g/mol. The summed E-state index contributed by atoms with van der Waals surface area (Å²) < 4.78 is 22.5. The van der Waals surface area contributed by atoms with E-state index in [0.717, 1.165) is 18.7 Å². The quantitative estimate of drug-likeness (QED) is 0.850. The Bertz CT molecular complexity index is 557. The molecule has 0 atom stereocenters. The van der Waals surface area contributed by atoms with Crippen LogP contribution in [0.1, 0.15) is 5.56 Å². The first kappa shape index (κ1) is 12.2. The van der Waals surface area contributed by atoms with Gasteiger partial charge in [-0.3, -0.25) is 15.4 Å². The lowest BCUT2D eigenvalue weighted by molar-refractivity contribution is 0.556. The van der Waals surface area contributed by atoms with Crippen molar-refractivity contribution in [3.8, 4) is 0 Å². The van der Waals surface area contributed by atoms with Gasteiger partial charge in [0.25, 0.3) is 9.05 Å². The van der Waals surface area contributed by atoms with Gasteiger partial charge in [0.15, 0.2) is 0 Å². The van der Waals surface area contributed by atoms with E-state index in [-0.39, 0.29) is 4.90 Å². The molecule has 0 fully saturated rings. The second-order valence-electron chi connectivity index (χ2n) is 3.74. The van der Waals surface area contributed by atoms with E-state index in [4.69, 9.17) is 10.7 Å². The van der Waals surface area contributed by atoms with Crippen molar-refractivity contribution in [2.24, 2.45) is 4.99 Å². The molecule has 1 aliphatic heterocycles. The highest BCUT2D eigenvalue weighted by Gasteiger charge is 2.13. The summed E-state index contributed by atoms with van der Waals surface area (Å²) in [6.45, 7) is 3.39. The first-order valence-electron chi connectivity index (χ1n) is 5.05. The van der Waals surface area contributed by atoms with Crippen LogP contribution in [-0.4, -0.2) is 32.9 Å². The van der Waals surface area contributed by atoms with E-state index in [1.807, 2.05) is 6.92 Å². The number of hydrazine groups is 1. The molecule has 0 bridgehead atoms. The lowest BCUT2D eigenvalue weighted by atomic mass is 10.2. The minimum absolute atomic E-state index is 0.0865. The predicted molar refractivity (Wildman–Crippen MR) is 67.9 cm³/mol. The summed E-state index contributed by atoms with van der Waals surface area (Å²) in [5.74, 6) is 0. The van der Waals surface area contributed by atoms with Gasteiger partial charge in [-0.1, -0.05) is 6.07 Å². The van der Waals surface area contributed by atoms with Gasteiger partial charge in [0, 0.05) is 10.7 Å². The Balaban J connectivity index is 2.29. The Morgan fingerprint density at radius 2 is 2.24 bits per heavy atom. The molecule has 1 aliphatic rings. The van der Waals surface area contributed by atoms with E-state index in [1.54, 1.807) is 17.4 Å². The molecule has 1 aromatic rings. The zero-order valence-electron chi connectivity index (χ0n) is 9.22. The molecule has 0 saturated heterocycles. The van der Waals surface area contributed by atoms with Crippen LogP contribution in [0.5, 0.6) is 0 Å². The van der Waals surface area contributed by atoms with E-state index in [9.17, 15) is 8.42 Å². The minimum Gasteiger partial charge on any atom is -0.297 e. The van der Waals surface area contributed by atoms with Crippen molar-refractivity contribution in [3.05, 3.63) is 23.8 Å². The zero-order valence-corrected chi connectivity index (χ0v) is 10.8. The maximum absolute atomic E-state index is 11.2. The molecule has 2 rings (SSSR count). The van der Waals surface area contributed by atoms with Crippen molar-refractivity contribution in [1.82, 2.24) is 5.01 Å². The normalized spacial score (nSPS) is 15.3. The van der Waals surface area contributed by atoms with Gasteiger partial charge in [-0.25, -0.2) is 8.42 Å². The van der Waals surface area contributed by atoms with Gasteiger partial charge in [0.1, 0.15) is 6.34 Å². The summed E-state index contributed by atoms with van der Waals surface area (Å²) >= 11 is 0. The van der Waals surface area contributed by atoms with Crippen LogP contribution in [0.25, 0.3) is 0 Å². The van der Waals surface area contributed by atoms with Crippen molar-refractivity contribution < 1.29 is 8.42 Å². The van der Waals surface area contributed by atoms with Crippen LogP contribution in [0, 0.1) is 6.92 Å². The standard InChI is InChI=1S/C10H12ClN3O2S/c1-8-2-3-9(17(11,15)16)6-10(8)13-14-5-4-12-7-14/h2-3,6-7,13H,4-5H2,1H3. The molecule has 0 radical (unpaired) electrons. The third-order valence-electron chi connectivity index (χ3n) is 2.45. The highest BCUT2D eigenvalue weighted by Crippen LogP contribution is 2.23. The molecule has 1 heterocycles. The Morgan fingerprint density at radius 3 is 2.82 bits per heavy atom. The minimum atomic E-state index is -3.70. The molecule has 0 aliphatic carbocycles. The van der Waals surface area contributed by atoms with Crippen LogP contribution in [0.2, 0.25) is 0 Å². The number of aliphatic imine (C=N–C) groups is 1. The average molecular weight is 274 g/mol. The molecular formula is C10H12ClN3O2S. The third kappa shape index (κ3) is 2.89. The van der Waals surface area contributed by atoms with Gasteiger partial charge < -0.3 is 0 Å². The zero-order chi connectivity index (χ0) is 12.5. The van der Waals surface area contributed by atoms with Crippen molar-refractivity contribution >= 4 is 31.8 Å². The summed E-state index contributed by atoms with van der Waals surface area (Å²) in [4.78, 5) is 4.14. The van der Waals surface area contributed by atoms with Crippen LogP contribution in [0.15, 0.2) is 28.1 Å². The Labute approximate surface area is 104 Å². The third-order valence-corrected chi connectivity index (χ3v) is 3.80. The maximum atomic E-state index is 11.2. The van der Waals surface area contributed by atoms with E-state index < -0.39 is 9.05 Å². The van der Waals surface area contributed by atoms with Crippen molar-refractivity contribution in [2.75, 3.05) is 18.5 Å². The largest absolute Gasteiger partial charge is 0.297 e. The Kier molecular flexibility index (Phi) is 3.26. The number of nitrogens with zero attached hydrogens (tertiary/aromatic N) is 2. The number of rotatable bonds is 3. The summed E-state index contributed by atoms with van der Waals surface area (Å²) in [6.07, 6.45) is 1.68. The number of hydrogen-bond acceptors (Lipinski definition) is 5. The topological polar surface area (TPSA) is 61.8 Å².